The molecule has 1 fully saturated rings. The Morgan fingerprint density at radius 2 is 2.25 bits per heavy atom. The van der Waals surface area contributed by atoms with Gasteiger partial charge in [0.2, 0.25) is 0 Å². The van der Waals surface area contributed by atoms with Gasteiger partial charge in [0.1, 0.15) is 0 Å². The largest absolute Gasteiger partial charge is 0.315 e. The van der Waals surface area contributed by atoms with Gasteiger partial charge in [0.05, 0.1) is 0 Å². The van der Waals surface area contributed by atoms with Gasteiger partial charge in [-0.05, 0) is 50.6 Å². The van der Waals surface area contributed by atoms with E-state index < -0.39 is 0 Å². The average Bonchev–Trinajstić information content (AvgIpc) is 2.38. The van der Waals surface area contributed by atoms with Gasteiger partial charge in [-0.15, -0.1) is 0 Å². The highest BCUT2D eigenvalue weighted by Crippen LogP contribution is 2.09. The predicted molar refractivity (Wildman–Crippen MR) is 66.5 cm³/mol. The van der Waals surface area contributed by atoms with E-state index in [1.165, 1.54) is 24.9 Å². The first-order valence-electron chi connectivity index (χ1n) is 6.16. The van der Waals surface area contributed by atoms with Crippen LogP contribution in [0.15, 0.2) is 24.5 Å². The lowest BCUT2D eigenvalue weighted by Gasteiger charge is -2.31. The standard InChI is InChI=1S/C13H21N3/c1-16(13-3-2-7-15-11-13)10-6-12-4-8-14-9-5-12/h4-5,8-9,13,15H,2-3,6-7,10-11H2,1H3. The molecule has 1 N–H and O–H groups in total. The van der Waals surface area contributed by atoms with Crippen LogP contribution in [0.3, 0.4) is 0 Å². The Bertz CT molecular complexity index is 293. The Morgan fingerprint density at radius 1 is 1.44 bits per heavy atom. The molecule has 0 amide bonds. The maximum Gasteiger partial charge on any atom is 0.0270 e. The molecule has 2 rings (SSSR count). The van der Waals surface area contributed by atoms with Gasteiger partial charge in [0, 0.05) is 31.5 Å². The number of nitrogens with zero attached hydrogens (tertiary/aromatic N) is 2. The van der Waals surface area contributed by atoms with E-state index >= 15 is 0 Å². The van der Waals surface area contributed by atoms with Gasteiger partial charge in [-0.3, -0.25) is 4.98 Å². The number of hydrogen-bond donors (Lipinski definition) is 1. The number of nitrogens with one attached hydrogen (secondary N) is 1. The monoisotopic (exact) mass is 219 g/mol. The number of pyridine rings is 1. The minimum atomic E-state index is 0.718. The number of aromatic nitrogens is 1. The Hall–Kier alpha value is -0.930. The molecule has 1 aliphatic heterocycles. The maximum atomic E-state index is 4.04. The van der Waals surface area contributed by atoms with Crippen molar-refractivity contribution in [1.82, 2.24) is 15.2 Å². The van der Waals surface area contributed by atoms with Crippen LogP contribution in [-0.4, -0.2) is 42.6 Å². The molecule has 0 aromatic carbocycles. The predicted octanol–water partition coefficient (Wildman–Crippen LogP) is 1.31. The van der Waals surface area contributed by atoms with Crippen LogP contribution in [0.25, 0.3) is 0 Å². The van der Waals surface area contributed by atoms with Crippen molar-refractivity contribution in [2.24, 2.45) is 0 Å². The van der Waals surface area contributed by atoms with Crippen molar-refractivity contribution in [2.45, 2.75) is 25.3 Å². The lowest BCUT2D eigenvalue weighted by Crippen LogP contribution is -2.44. The molecule has 1 atom stereocenters. The summed E-state index contributed by atoms with van der Waals surface area (Å²) >= 11 is 0. The van der Waals surface area contributed by atoms with Gasteiger partial charge in [-0.1, -0.05) is 0 Å². The van der Waals surface area contributed by atoms with Crippen molar-refractivity contribution in [1.29, 1.82) is 0 Å². The summed E-state index contributed by atoms with van der Waals surface area (Å²) in [7, 11) is 2.23. The van der Waals surface area contributed by atoms with Crippen molar-refractivity contribution in [2.75, 3.05) is 26.7 Å². The van der Waals surface area contributed by atoms with E-state index in [1.54, 1.807) is 0 Å². The van der Waals surface area contributed by atoms with Crippen molar-refractivity contribution in [3.63, 3.8) is 0 Å². The molecule has 0 bridgehead atoms. The quantitative estimate of drug-likeness (QED) is 0.827. The topological polar surface area (TPSA) is 28.2 Å². The highest BCUT2D eigenvalue weighted by molar-refractivity contribution is 5.09. The summed E-state index contributed by atoms with van der Waals surface area (Å²) in [6, 6.07) is 4.93. The Morgan fingerprint density at radius 3 is 2.94 bits per heavy atom. The van der Waals surface area contributed by atoms with E-state index in [2.05, 4.69) is 34.4 Å². The average molecular weight is 219 g/mol. The van der Waals surface area contributed by atoms with Gasteiger partial charge >= 0.3 is 0 Å². The molecule has 1 unspecified atom stereocenters. The summed E-state index contributed by atoms with van der Waals surface area (Å²) in [6.45, 7) is 3.47. The van der Waals surface area contributed by atoms with Crippen LogP contribution in [0.2, 0.25) is 0 Å². The van der Waals surface area contributed by atoms with Crippen molar-refractivity contribution < 1.29 is 0 Å². The molecule has 1 aromatic rings. The van der Waals surface area contributed by atoms with Crippen LogP contribution < -0.4 is 5.32 Å². The molecule has 0 radical (unpaired) electrons. The molecular weight excluding hydrogens is 198 g/mol. The molecule has 0 saturated carbocycles. The van der Waals surface area contributed by atoms with Crippen LogP contribution in [0.1, 0.15) is 18.4 Å². The molecule has 0 spiro atoms. The lowest BCUT2D eigenvalue weighted by atomic mass is 10.1. The summed E-state index contributed by atoms with van der Waals surface area (Å²) < 4.78 is 0. The van der Waals surface area contributed by atoms with Crippen molar-refractivity contribution in [3.05, 3.63) is 30.1 Å². The highest BCUT2D eigenvalue weighted by Gasteiger charge is 2.16. The Labute approximate surface area is 97.9 Å². The minimum Gasteiger partial charge on any atom is -0.315 e. The summed E-state index contributed by atoms with van der Waals surface area (Å²) in [6.07, 6.45) is 7.51. The molecule has 0 aliphatic carbocycles. The van der Waals surface area contributed by atoms with Gasteiger partial charge in [0.15, 0.2) is 0 Å². The third kappa shape index (κ3) is 3.29. The number of hydrogen-bond acceptors (Lipinski definition) is 3. The first-order chi connectivity index (χ1) is 7.86. The SMILES string of the molecule is CN(CCc1ccncc1)C1CCCNC1. The molecule has 1 aromatic heterocycles. The molecule has 3 nitrogen and oxygen atoms in total. The Kier molecular flexibility index (Phi) is 4.31. The zero-order valence-corrected chi connectivity index (χ0v) is 10.0. The second kappa shape index (κ2) is 5.97. The van der Waals surface area contributed by atoms with E-state index in [0.717, 1.165) is 25.6 Å². The van der Waals surface area contributed by atoms with E-state index in [9.17, 15) is 0 Å². The fourth-order valence-corrected chi connectivity index (χ4v) is 2.25. The fourth-order valence-electron chi connectivity index (χ4n) is 2.25. The second-order valence-electron chi connectivity index (χ2n) is 4.59. The smallest absolute Gasteiger partial charge is 0.0270 e. The van der Waals surface area contributed by atoms with Crippen LogP contribution >= 0.6 is 0 Å². The maximum absolute atomic E-state index is 4.04. The molecular formula is C13H21N3. The van der Waals surface area contributed by atoms with Crippen LogP contribution in [0, 0.1) is 0 Å². The van der Waals surface area contributed by atoms with Crippen LogP contribution in [-0.2, 0) is 6.42 Å². The lowest BCUT2D eigenvalue weighted by molar-refractivity contribution is 0.205. The highest BCUT2D eigenvalue weighted by atomic mass is 15.2. The third-order valence-electron chi connectivity index (χ3n) is 3.40. The number of likely N-dealkylation sites (N-methyl/N-ethyl adjacent to an activating group) is 1. The second-order valence-corrected chi connectivity index (χ2v) is 4.59. The van der Waals surface area contributed by atoms with E-state index in [1.807, 2.05) is 12.4 Å². The first kappa shape index (κ1) is 11.6. The summed E-state index contributed by atoms with van der Waals surface area (Å²) in [4.78, 5) is 6.52. The van der Waals surface area contributed by atoms with Crippen molar-refractivity contribution in [3.8, 4) is 0 Å². The molecule has 3 heteroatoms. The van der Waals surface area contributed by atoms with Crippen LogP contribution in [0.4, 0.5) is 0 Å². The molecule has 2 heterocycles. The van der Waals surface area contributed by atoms with E-state index in [4.69, 9.17) is 0 Å². The fraction of sp³-hybridized carbons (Fsp3) is 0.615. The summed E-state index contributed by atoms with van der Waals surface area (Å²) in [5.41, 5.74) is 1.38. The van der Waals surface area contributed by atoms with Crippen molar-refractivity contribution >= 4 is 0 Å². The van der Waals surface area contributed by atoms with E-state index in [-0.39, 0.29) is 0 Å². The third-order valence-corrected chi connectivity index (χ3v) is 3.40. The molecule has 1 saturated heterocycles. The first-order valence-corrected chi connectivity index (χ1v) is 6.16. The van der Waals surface area contributed by atoms with Gasteiger partial charge in [-0.2, -0.15) is 0 Å². The zero-order chi connectivity index (χ0) is 11.2. The number of piperidine rings is 1. The van der Waals surface area contributed by atoms with Gasteiger partial charge < -0.3 is 10.2 Å². The van der Waals surface area contributed by atoms with Crippen LogP contribution in [0.5, 0.6) is 0 Å². The normalized spacial score (nSPS) is 21.2. The Balaban J connectivity index is 1.76. The van der Waals surface area contributed by atoms with E-state index in [0.29, 0.717) is 0 Å². The molecule has 16 heavy (non-hydrogen) atoms. The molecule has 1 aliphatic rings. The van der Waals surface area contributed by atoms with Gasteiger partial charge in [-0.25, -0.2) is 0 Å². The minimum absolute atomic E-state index is 0.718. The molecule has 88 valence electrons. The summed E-state index contributed by atoms with van der Waals surface area (Å²) in [5, 5.41) is 3.46. The van der Waals surface area contributed by atoms with Gasteiger partial charge in [0.25, 0.3) is 0 Å². The summed E-state index contributed by atoms with van der Waals surface area (Å²) in [5.74, 6) is 0. The zero-order valence-electron chi connectivity index (χ0n) is 10.0. The number of rotatable bonds is 4.